The molecule has 0 bridgehead atoms. The molecule has 6 nitrogen and oxygen atoms in total. The van der Waals surface area contributed by atoms with Crippen molar-refractivity contribution in [2.45, 2.75) is 37.8 Å². The van der Waals surface area contributed by atoms with Crippen LogP contribution in [-0.2, 0) is 16.0 Å². The van der Waals surface area contributed by atoms with E-state index in [1.807, 2.05) is 24.3 Å². The SMILES string of the molecule is O=C(CCc1ccccc1)[C@H]1CCCN1c1nc2ncc(OC3COC3)cc2s1. The summed E-state index contributed by atoms with van der Waals surface area (Å²) in [7, 11) is 0. The molecule has 0 radical (unpaired) electrons. The van der Waals surface area contributed by atoms with Gasteiger partial charge in [-0.05, 0) is 24.8 Å². The maximum atomic E-state index is 12.9. The van der Waals surface area contributed by atoms with Gasteiger partial charge < -0.3 is 14.4 Å². The van der Waals surface area contributed by atoms with Crippen molar-refractivity contribution < 1.29 is 14.3 Å². The lowest BCUT2D eigenvalue weighted by Crippen LogP contribution is -2.38. The van der Waals surface area contributed by atoms with Crippen LogP contribution in [0.4, 0.5) is 5.13 Å². The van der Waals surface area contributed by atoms with E-state index in [1.54, 1.807) is 17.5 Å². The molecular formula is C22H23N3O3S. The summed E-state index contributed by atoms with van der Waals surface area (Å²) in [5.41, 5.74) is 1.92. The summed E-state index contributed by atoms with van der Waals surface area (Å²) in [6.07, 6.45) is 5.10. The second kappa shape index (κ2) is 8.08. The summed E-state index contributed by atoms with van der Waals surface area (Å²) in [5.74, 6) is 1.05. The number of rotatable bonds is 7. The number of thiazole rings is 1. The number of carbonyl (C=O) groups excluding carboxylic acids is 1. The third-order valence-corrected chi connectivity index (χ3v) is 6.52. The Morgan fingerprint density at radius 2 is 2.14 bits per heavy atom. The Morgan fingerprint density at radius 3 is 2.93 bits per heavy atom. The van der Waals surface area contributed by atoms with E-state index < -0.39 is 0 Å². The average molecular weight is 410 g/mol. The van der Waals surface area contributed by atoms with E-state index in [9.17, 15) is 4.79 Å². The third kappa shape index (κ3) is 3.97. The lowest BCUT2D eigenvalue weighted by molar-refractivity contribution is -0.120. The Kier molecular flexibility index (Phi) is 5.16. The van der Waals surface area contributed by atoms with Crippen molar-refractivity contribution in [3.63, 3.8) is 0 Å². The molecule has 29 heavy (non-hydrogen) atoms. The van der Waals surface area contributed by atoms with Crippen molar-refractivity contribution in [3.05, 3.63) is 48.2 Å². The summed E-state index contributed by atoms with van der Waals surface area (Å²) in [4.78, 5) is 24.2. The summed E-state index contributed by atoms with van der Waals surface area (Å²) in [6.45, 7) is 2.13. The largest absolute Gasteiger partial charge is 0.484 e. The number of fused-ring (bicyclic) bond motifs is 1. The summed E-state index contributed by atoms with van der Waals surface area (Å²) < 4.78 is 12.0. The molecule has 2 aliphatic heterocycles. The Labute approximate surface area is 173 Å². The van der Waals surface area contributed by atoms with Gasteiger partial charge in [-0.2, -0.15) is 4.98 Å². The van der Waals surface area contributed by atoms with Crippen LogP contribution in [0.15, 0.2) is 42.6 Å². The van der Waals surface area contributed by atoms with Gasteiger partial charge >= 0.3 is 0 Å². The Bertz CT molecular complexity index is 1000. The number of anilines is 1. The standard InChI is InChI=1S/C22H23N3O3S/c26-19(9-8-15-5-2-1-3-6-15)18-7-4-10-25(18)22-24-21-20(29-22)11-16(12-23-21)28-17-13-27-14-17/h1-3,5-6,11-12,17-18H,4,7-10,13-14H2/t18-/m1/s1. The number of carbonyl (C=O) groups is 1. The zero-order valence-corrected chi connectivity index (χ0v) is 16.9. The van der Waals surface area contributed by atoms with E-state index in [0.29, 0.717) is 31.1 Å². The van der Waals surface area contributed by atoms with E-state index in [-0.39, 0.29) is 12.1 Å². The third-order valence-electron chi connectivity index (χ3n) is 5.49. The van der Waals surface area contributed by atoms with E-state index >= 15 is 0 Å². The predicted molar refractivity (Wildman–Crippen MR) is 113 cm³/mol. The van der Waals surface area contributed by atoms with Crippen LogP contribution in [0.5, 0.6) is 5.75 Å². The monoisotopic (exact) mass is 409 g/mol. The van der Waals surface area contributed by atoms with E-state index in [4.69, 9.17) is 14.5 Å². The van der Waals surface area contributed by atoms with Crippen LogP contribution in [-0.4, -0.2) is 47.7 Å². The quantitative estimate of drug-likeness (QED) is 0.594. The van der Waals surface area contributed by atoms with Crippen LogP contribution in [0.2, 0.25) is 0 Å². The van der Waals surface area contributed by atoms with Crippen LogP contribution in [0.25, 0.3) is 10.3 Å². The van der Waals surface area contributed by atoms with Gasteiger partial charge in [0.05, 0.1) is 30.2 Å². The number of hydrogen-bond acceptors (Lipinski definition) is 7. The molecule has 0 N–H and O–H groups in total. The number of aryl methyl sites for hydroxylation is 1. The Morgan fingerprint density at radius 1 is 1.28 bits per heavy atom. The molecule has 2 aliphatic rings. The molecule has 4 heterocycles. The molecule has 0 saturated carbocycles. The van der Waals surface area contributed by atoms with Crippen LogP contribution in [0.3, 0.4) is 0 Å². The first kappa shape index (κ1) is 18.5. The zero-order chi connectivity index (χ0) is 19.6. The number of hydrogen-bond donors (Lipinski definition) is 0. The normalized spacial score (nSPS) is 19.4. The molecular weight excluding hydrogens is 386 g/mol. The molecule has 7 heteroatoms. The summed E-state index contributed by atoms with van der Waals surface area (Å²) in [6, 6.07) is 12.1. The number of aromatic nitrogens is 2. The van der Waals surface area contributed by atoms with Crippen LogP contribution in [0, 0.1) is 0 Å². The number of Topliss-reactive ketones (excluding diaryl/α,β-unsaturated/α-hetero) is 1. The topological polar surface area (TPSA) is 64.6 Å². The summed E-state index contributed by atoms with van der Waals surface area (Å²) >= 11 is 1.59. The van der Waals surface area contributed by atoms with Crippen molar-refractivity contribution in [2.24, 2.45) is 0 Å². The van der Waals surface area contributed by atoms with Crippen LogP contribution in [0.1, 0.15) is 24.8 Å². The predicted octanol–water partition coefficient (Wildman–Crippen LogP) is 3.64. The smallest absolute Gasteiger partial charge is 0.188 e. The van der Waals surface area contributed by atoms with E-state index in [0.717, 1.165) is 41.4 Å². The number of ether oxygens (including phenoxy) is 2. The minimum Gasteiger partial charge on any atom is -0.484 e. The first-order chi connectivity index (χ1) is 14.3. The van der Waals surface area contributed by atoms with Gasteiger partial charge in [-0.15, -0.1) is 0 Å². The molecule has 2 fully saturated rings. The molecule has 0 spiro atoms. The Balaban J connectivity index is 1.29. The molecule has 0 unspecified atom stereocenters. The minimum atomic E-state index is -0.0814. The molecule has 0 amide bonds. The highest BCUT2D eigenvalue weighted by Gasteiger charge is 2.32. The van der Waals surface area contributed by atoms with Gasteiger partial charge in [-0.1, -0.05) is 41.7 Å². The van der Waals surface area contributed by atoms with Crippen molar-refractivity contribution >= 4 is 32.6 Å². The second-order valence-corrected chi connectivity index (χ2v) is 8.58. The van der Waals surface area contributed by atoms with Crippen molar-refractivity contribution in [3.8, 4) is 5.75 Å². The summed E-state index contributed by atoms with van der Waals surface area (Å²) in [5, 5.41) is 0.882. The fourth-order valence-corrected chi connectivity index (χ4v) is 4.89. The molecule has 1 aromatic carbocycles. The lowest BCUT2D eigenvalue weighted by Gasteiger charge is -2.26. The van der Waals surface area contributed by atoms with Crippen LogP contribution >= 0.6 is 11.3 Å². The van der Waals surface area contributed by atoms with Crippen molar-refractivity contribution in [2.75, 3.05) is 24.7 Å². The van der Waals surface area contributed by atoms with E-state index in [2.05, 4.69) is 22.0 Å². The molecule has 1 atom stereocenters. The van der Waals surface area contributed by atoms with Gasteiger partial charge in [0.2, 0.25) is 0 Å². The fraction of sp³-hybridized carbons (Fsp3) is 0.409. The highest BCUT2D eigenvalue weighted by Crippen LogP contribution is 2.34. The number of ketones is 1. The second-order valence-electron chi connectivity index (χ2n) is 7.57. The maximum Gasteiger partial charge on any atom is 0.188 e. The maximum absolute atomic E-state index is 12.9. The molecule has 3 aromatic rings. The van der Waals surface area contributed by atoms with Gasteiger partial charge in [-0.3, -0.25) is 4.79 Å². The van der Waals surface area contributed by atoms with Crippen molar-refractivity contribution in [1.82, 2.24) is 9.97 Å². The van der Waals surface area contributed by atoms with Gasteiger partial charge in [0.25, 0.3) is 0 Å². The van der Waals surface area contributed by atoms with Crippen LogP contribution < -0.4 is 9.64 Å². The molecule has 2 saturated heterocycles. The number of benzene rings is 1. The fourth-order valence-electron chi connectivity index (χ4n) is 3.86. The number of nitrogens with zero attached hydrogens (tertiary/aromatic N) is 3. The van der Waals surface area contributed by atoms with Gasteiger partial charge in [0, 0.05) is 19.0 Å². The molecule has 0 aliphatic carbocycles. The zero-order valence-electron chi connectivity index (χ0n) is 16.1. The van der Waals surface area contributed by atoms with Gasteiger partial charge in [0.15, 0.2) is 16.6 Å². The lowest BCUT2D eigenvalue weighted by atomic mass is 10.0. The molecule has 150 valence electrons. The van der Waals surface area contributed by atoms with Crippen molar-refractivity contribution in [1.29, 1.82) is 0 Å². The van der Waals surface area contributed by atoms with Gasteiger partial charge in [-0.25, -0.2) is 4.98 Å². The first-order valence-corrected chi connectivity index (χ1v) is 10.9. The number of pyridine rings is 1. The Hall–Kier alpha value is -2.51. The highest BCUT2D eigenvalue weighted by atomic mass is 32.1. The minimum absolute atomic E-state index is 0.0814. The molecule has 5 rings (SSSR count). The van der Waals surface area contributed by atoms with Gasteiger partial charge in [0.1, 0.15) is 11.9 Å². The molecule has 2 aromatic heterocycles. The average Bonchev–Trinajstić information content (AvgIpc) is 3.36. The first-order valence-electron chi connectivity index (χ1n) is 10.1. The highest BCUT2D eigenvalue weighted by molar-refractivity contribution is 7.22. The van der Waals surface area contributed by atoms with E-state index in [1.165, 1.54) is 5.56 Å².